The number of hydrogen-bond donors (Lipinski definition) is 0. The van der Waals surface area contributed by atoms with E-state index in [9.17, 15) is 4.57 Å². The van der Waals surface area contributed by atoms with Gasteiger partial charge in [0, 0.05) is 12.3 Å². The first kappa shape index (κ1) is 22.2. The molecule has 0 aliphatic heterocycles. The van der Waals surface area contributed by atoms with Gasteiger partial charge >= 0.3 is 6.80 Å². The standard InChI is InChI=1S/C10H24NO3PS.C3H4O/c1-5-11(6-2)9-10-16-15(12,13-7-3)14-8-4;1-2-3-4/h5-10H2,1-4H3;2-3H,1H2. The first-order valence-electron chi connectivity index (χ1n) is 6.85. The van der Waals surface area contributed by atoms with Gasteiger partial charge in [-0.05, 0) is 44.4 Å². The lowest BCUT2D eigenvalue weighted by Gasteiger charge is -2.20. The van der Waals surface area contributed by atoms with E-state index in [0.717, 1.165) is 25.4 Å². The highest BCUT2D eigenvalue weighted by molar-refractivity contribution is 8.55. The average Bonchev–Trinajstić information content (AvgIpc) is 2.44. The number of aldehydes is 1. The van der Waals surface area contributed by atoms with Crippen LogP contribution >= 0.6 is 18.2 Å². The molecule has 120 valence electrons. The normalized spacial score (nSPS) is 10.8. The molecular weight excluding hydrogens is 297 g/mol. The molecule has 0 saturated heterocycles. The predicted molar refractivity (Wildman–Crippen MR) is 87.4 cm³/mol. The molecular formula is C13H28NO4PS. The Bertz CT molecular complexity index is 270. The molecule has 0 aromatic carbocycles. The third-order valence-electron chi connectivity index (χ3n) is 2.22. The first-order chi connectivity index (χ1) is 9.53. The molecule has 0 rings (SSSR count). The quantitative estimate of drug-likeness (QED) is 0.328. The highest BCUT2D eigenvalue weighted by Gasteiger charge is 2.24. The molecule has 0 saturated carbocycles. The fourth-order valence-electron chi connectivity index (χ4n) is 1.25. The average molecular weight is 325 g/mol. The van der Waals surface area contributed by atoms with Crippen LogP contribution in [0.15, 0.2) is 12.7 Å². The van der Waals surface area contributed by atoms with E-state index in [1.54, 1.807) is 0 Å². The van der Waals surface area contributed by atoms with Gasteiger partial charge in [0.1, 0.15) is 6.29 Å². The molecule has 0 aromatic heterocycles. The highest BCUT2D eigenvalue weighted by Crippen LogP contribution is 2.60. The molecule has 0 aliphatic carbocycles. The van der Waals surface area contributed by atoms with E-state index >= 15 is 0 Å². The SMILES string of the molecule is C=CC=O.CCOP(=O)(OCC)SCCN(CC)CC. The van der Waals surface area contributed by atoms with E-state index < -0.39 is 6.80 Å². The number of nitrogens with zero attached hydrogens (tertiary/aromatic N) is 1. The zero-order chi connectivity index (χ0) is 15.9. The van der Waals surface area contributed by atoms with Crippen LogP contribution in [-0.4, -0.2) is 49.8 Å². The summed E-state index contributed by atoms with van der Waals surface area (Å²) in [4.78, 5) is 11.3. The minimum absolute atomic E-state index is 0.426. The van der Waals surface area contributed by atoms with Gasteiger partial charge in [-0.15, -0.1) is 0 Å². The van der Waals surface area contributed by atoms with Crippen LogP contribution in [0.2, 0.25) is 0 Å². The second kappa shape index (κ2) is 15.3. The van der Waals surface area contributed by atoms with Gasteiger partial charge in [0.05, 0.1) is 13.2 Å². The molecule has 0 bridgehead atoms. The third kappa shape index (κ3) is 12.9. The van der Waals surface area contributed by atoms with Crippen LogP contribution in [-0.2, 0) is 18.4 Å². The fraction of sp³-hybridized carbons (Fsp3) is 0.769. The Morgan fingerprint density at radius 1 is 1.15 bits per heavy atom. The van der Waals surface area contributed by atoms with Crippen LogP contribution in [0, 0.1) is 0 Å². The van der Waals surface area contributed by atoms with E-state index in [0.29, 0.717) is 19.5 Å². The summed E-state index contributed by atoms with van der Waals surface area (Å²) in [6.07, 6.45) is 1.83. The molecule has 0 fully saturated rings. The first-order valence-corrected chi connectivity index (χ1v) is 9.98. The minimum Gasteiger partial charge on any atom is -0.303 e. The molecule has 0 amide bonds. The lowest BCUT2D eigenvalue weighted by molar-refractivity contribution is -0.104. The summed E-state index contributed by atoms with van der Waals surface area (Å²) >= 11 is 1.30. The van der Waals surface area contributed by atoms with Gasteiger partial charge in [-0.25, -0.2) is 4.57 Å². The second-order valence-electron chi connectivity index (χ2n) is 3.51. The van der Waals surface area contributed by atoms with Crippen molar-refractivity contribution in [3.8, 4) is 0 Å². The maximum absolute atomic E-state index is 12.1. The predicted octanol–water partition coefficient (Wildman–Crippen LogP) is 3.61. The molecule has 0 aromatic rings. The van der Waals surface area contributed by atoms with Gasteiger partial charge in [-0.1, -0.05) is 20.4 Å². The molecule has 20 heavy (non-hydrogen) atoms. The number of hydrogen-bond acceptors (Lipinski definition) is 6. The summed E-state index contributed by atoms with van der Waals surface area (Å²) in [6, 6.07) is 0. The van der Waals surface area contributed by atoms with Crippen molar-refractivity contribution in [3.63, 3.8) is 0 Å². The lowest BCUT2D eigenvalue weighted by atomic mass is 10.5. The minimum atomic E-state index is -2.91. The van der Waals surface area contributed by atoms with E-state index in [-0.39, 0.29) is 0 Å². The van der Waals surface area contributed by atoms with Gasteiger partial charge in [0.2, 0.25) is 0 Å². The van der Waals surface area contributed by atoms with Crippen molar-refractivity contribution in [3.05, 3.63) is 12.7 Å². The van der Waals surface area contributed by atoms with Gasteiger partial charge in [-0.3, -0.25) is 4.79 Å². The summed E-state index contributed by atoms with van der Waals surface area (Å²) in [7, 11) is 0. The van der Waals surface area contributed by atoms with Crippen molar-refractivity contribution >= 4 is 24.5 Å². The molecule has 0 aliphatic rings. The van der Waals surface area contributed by atoms with Gasteiger partial charge in [-0.2, -0.15) is 0 Å². The highest BCUT2D eigenvalue weighted by atomic mass is 32.7. The van der Waals surface area contributed by atoms with Crippen molar-refractivity contribution in [1.82, 2.24) is 4.90 Å². The molecule has 0 N–H and O–H groups in total. The second-order valence-corrected chi connectivity index (χ2v) is 7.71. The summed E-state index contributed by atoms with van der Waals surface area (Å²) in [6.45, 7) is 11.9. The zero-order valence-corrected chi connectivity index (χ0v) is 14.8. The molecule has 5 nitrogen and oxygen atoms in total. The number of allylic oxidation sites excluding steroid dienone is 1. The molecule has 0 heterocycles. The Morgan fingerprint density at radius 3 is 1.90 bits per heavy atom. The van der Waals surface area contributed by atoms with Crippen LogP contribution in [0.3, 0.4) is 0 Å². The summed E-state index contributed by atoms with van der Waals surface area (Å²) in [5.41, 5.74) is 0. The third-order valence-corrected chi connectivity index (χ3v) is 6.18. The van der Waals surface area contributed by atoms with Crippen molar-refractivity contribution in [2.24, 2.45) is 0 Å². The van der Waals surface area contributed by atoms with E-state index in [2.05, 4.69) is 25.3 Å². The Labute approximate surface area is 127 Å². The van der Waals surface area contributed by atoms with E-state index in [1.165, 1.54) is 17.5 Å². The van der Waals surface area contributed by atoms with Crippen molar-refractivity contribution in [1.29, 1.82) is 0 Å². The monoisotopic (exact) mass is 325 g/mol. The largest absolute Gasteiger partial charge is 0.389 e. The van der Waals surface area contributed by atoms with Crippen LogP contribution in [0.25, 0.3) is 0 Å². The number of carbonyl (C=O) groups excluding carboxylic acids is 1. The number of rotatable bonds is 11. The fourth-order valence-corrected chi connectivity index (χ4v) is 4.66. The number of carbonyl (C=O) groups is 1. The van der Waals surface area contributed by atoms with Gasteiger partial charge in [0.15, 0.2) is 0 Å². The van der Waals surface area contributed by atoms with Crippen LogP contribution in [0.4, 0.5) is 0 Å². The lowest BCUT2D eigenvalue weighted by Crippen LogP contribution is -2.25. The smallest absolute Gasteiger partial charge is 0.303 e. The van der Waals surface area contributed by atoms with Crippen LogP contribution < -0.4 is 0 Å². The summed E-state index contributed by atoms with van der Waals surface area (Å²) < 4.78 is 22.5. The van der Waals surface area contributed by atoms with Crippen molar-refractivity contribution in [2.45, 2.75) is 27.7 Å². The Hall–Kier alpha value is -0.130. The van der Waals surface area contributed by atoms with Gasteiger partial charge < -0.3 is 13.9 Å². The van der Waals surface area contributed by atoms with E-state index in [4.69, 9.17) is 13.8 Å². The van der Waals surface area contributed by atoms with E-state index in [1.807, 2.05) is 13.8 Å². The Balaban J connectivity index is 0. The maximum atomic E-state index is 12.1. The van der Waals surface area contributed by atoms with Crippen molar-refractivity contribution < 1.29 is 18.4 Å². The summed E-state index contributed by atoms with van der Waals surface area (Å²) in [5, 5.41) is 0. The van der Waals surface area contributed by atoms with Crippen LogP contribution in [0.5, 0.6) is 0 Å². The Morgan fingerprint density at radius 2 is 1.60 bits per heavy atom. The maximum Gasteiger partial charge on any atom is 0.389 e. The summed E-state index contributed by atoms with van der Waals surface area (Å²) in [5.74, 6) is 0.777. The topological polar surface area (TPSA) is 55.8 Å². The molecule has 7 heteroatoms. The Kier molecular flexibility index (Phi) is 16.9. The molecule has 0 spiro atoms. The van der Waals surface area contributed by atoms with Crippen LogP contribution in [0.1, 0.15) is 27.7 Å². The molecule has 0 atom stereocenters. The molecule has 0 unspecified atom stereocenters. The molecule has 0 radical (unpaired) electrons. The van der Waals surface area contributed by atoms with Crippen molar-refractivity contribution in [2.75, 3.05) is 38.6 Å². The zero-order valence-electron chi connectivity index (χ0n) is 13.0. The van der Waals surface area contributed by atoms with Gasteiger partial charge in [0.25, 0.3) is 0 Å².